The summed E-state index contributed by atoms with van der Waals surface area (Å²) >= 11 is 0. The molecule has 3 aromatic carbocycles. The van der Waals surface area contributed by atoms with Crippen LogP contribution in [0.15, 0.2) is 72.8 Å². The molecule has 5 heteroatoms. The maximum atomic E-state index is 14.1. The Morgan fingerprint density at radius 3 is 2.49 bits per heavy atom. The van der Waals surface area contributed by atoms with Crippen molar-refractivity contribution in [1.82, 2.24) is 9.88 Å². The third-order valence-corrected chi connectivity index (χ3v) is 10.5. The number of rotatable bonds is 7. The molecule has 2 saturated carbocycles. The Bertz CT molecular complexity index is 1730. The van der Waals surface area contributed by atoms with Gasteiger partial charge in [0, 0.05) is 34.7 Å². The van der Waals surface area contributed by atoms with Crippen LogP contribution in [0.1, 0.15) is 110 Å². The third-order valence-electron chi connectivity index (χ3n) is 10.5. The predicted octanol–water partition coefficient (Wildman–Crippen LogP) is 9.08. The lowest BCUT2D eigenvalue weighted by Gasteiger charge is -2.31. The fourth-order valence-electron chi connectivity index (χ4n) is 8.26. The van der Waals surface area contributed by atoms with Gasteiger partial charge in [0.2, 0.25) is 0 Å². The molecule has 45 heavy (non-hydrogen) atoms. The topological polar surface area (TPSA) is 60.3 Å². The zero-order valence-electron chi connectivity index (χ0n) is 26.4. The predicted molar refractivity (Wildman–Crippen MR) is 181 cm³/mol. The van der Waals surface area contributed by atoms with Crippen molar-refractivity contribution in [2.75, 3.05) is 6.61 Å². The second-order valence-corrected chi connectivity index (χ2v) is 13.2. The number of carbonyl (C=O) groups is 2. The monoisotopic (exact) mass is 600 g/mol. The van der Waals surface area contributed by atoms with Crippen molar-refractivity contribution in [2.45, 2.75) is 95.6 Å². The first-order valence-corrected chi connectivity index (χ1v) is 17.1. The number of fused-ring (bicyclic) bond motifs is 5. The second kappa shape index (κ2) is 12.7. The van der Waals surface area contributed by atoms with E-state index in [-0.39, 0.29) is 11.9 Å². The summed E-state index contributed by atoms with van der Waals surface area (Å²) in [5.41, 5.74) is 9.32. The Morgan fingerprint density at radius 2 is 1.71 bits per heavy atom. The quantitative estimate of drug-likeness (QED) is 0.170. The molecule has 0 saturated heterocycles. The average molecular weight is 601 g/mol. The molecule has 1 amide bonds. The molecule has 0 spiro atoms. The van der Waals surface area contributed by atoms with Crippen molar-refractivity contribution in [3.63, 3.8) is 0 Å². The van der Waals surface area contributed by atoms with Crippen LogP contribution in [0.5, 0.6) is 0 Å². The molecule has 0 radical (unpaired) electrons. The smallest absolute Gasteiger partial charge is 0.330 e. The van der Waals surface area contributed by atoms with E-state index >= 15 is 0 Å². The molecule has 3 aliphatic rings. The van der Waals surface area contributed by atoms with Gasteiger partial charge >= 0.3 is 5.97 Å². The van der Waals surface area contributed by atoms with Gasteiger partial charge < -0.3 is 14.6 Å². The van der Waals surface area contributed by atoms with Crippen molar-refractivity contribution in [3.8, 4) is 11.3 Å². The van der Waals surface area contributed by atoms with E-state index in [1.165, 1.54) is 71.5 Å². The van der Waals surface area contributed by atoms with Crippen LogP contribution in [0.4, 0.5) is 0 Å². The standard InChI is InChI=1S/C40H44N2O3/c1-2-45-36(43)23-18-28-16-20-32(21-17-28)40(24-8-9-25-40)41-39(44)31-19-22-34-35(27-31)42-26-10-14-29-11-6-7-15-33(29)38(42)37(34)30-12-4-3-5-13-30/h6-7,11,15-23,27,30H,2-5,8-10,12-14,24-26H2,1H3,(H,41,44). The van der Waals surface area contributed by atoms with Crippen LogP contribution in [0, 0.1) is 0 Å². The lowest BCUT2D eigenvalue weighted by molar-refractivity contribution is -0.137. The molecule has 1 aliphatic heterocycles. The van der Waals surface area contributed by atoms with Gasteiger partial charge in [-0.05, 0) is 91.8 Å². The van der Waals surface area contributed by atoms with E-state index in [0.717, 1.165) is 61.8 Å². The van der Waals surface area contributed by atoms with Gasteiger partial charge in [-0.3, -0.25) is 4.79 Å². The van der Waals surface area contributed by atoms with Gasteiger partial charge in [0.05, 0.1) is 17.8 Å². The fraction of sp³-hybridized carbons (Fsp3) is 0.400. The SMILES string of the molecule is CCOC(=O)C=Cc1ccc(C2(NC(=O)c3ccc4c(C5CCCCC5)c5n(c4c3)CCCc3ccccc3-5)CCCC2)cc1. The summed E-state index contributed by atoms with van der Waals surface area (Å²) in [5, 5.41) is 4.84. The van der Waals surface area contributed by atoms with Crippen LogP contribution in [0.3, 0.4) is 0 Å². The molecule has 0 bridgehead atoms. The molecule has 1 aromatic heterocycles. The summed E-state index contributed by atoms with van der Waals surface area (Å²) in [6.45, 7) is 3.13. The number of aromatic nitrogens is 1. The Labute approximate surface area is 266 Å². The van der Waals surface area contributed by atoms with Crippen LogP contribution >= 0.6 is 0 Å². The number of aryl methyl sites for hydroxylation is 2. The molecule has 0 atom stereocenters. The van der Waals surface area contributed by atoms with E-state index in [2.05, 4.69) is 64.5 Å². The van der Waals surface area contributed by atoms with Gasteiger partial charge in [-0.2, -0.15) is 0 Å². The van der Waals surface area contributed by atoms with Crippen molar-refractivity contribution < 1.29 is 14.3 Å². The maximum Gasteiger partial charge on any atom is 0.330 e. The van der Waals surface area contributed by atoms with Gasteiger partial charge in [-0.25, -0.2) is 4.79 Å². The first-order valence-electron chi connectivity index (χ1n) is 17.1. The van der Waals surface area contributed by atoms with Crippen molar-refractivity contribution in [3.05, 3.63) is 101 Å². The lowest BCUT2D eigenvalue weighted by atomic mass is 9.81. The Morgan fingerprint density at radius 1 is 0.933 bits per heavy atom. The van der Waals surface area contributed by atoms with E-state index in [4.69, 9.17) is 4.74 Å². The minimum Gasteiger partial charge on any atom is -0.463 e. The molecule has 4 aromatic rings. The van der Waals surface area contributed by atoms with Gasteiger partial charge in [-0.1, -0.05) is 86.7 Å². The number of hydrogen-bond acceptors (Lipinski definition) is 3. The number of esters is 1. The fourth-order valence-corrected chi connectivity index (χ4v) is 8.26. The molecule has 5 nitrogen and oxygen atoms in total. The van der Waals surface area contributed by atoms with Crippen LogP contribution in [-0.2, 0) is 28.0 Å². The number of nitrogens with zero attached hydrogens (tertiary/aromatic N) is 1. The van der Waals surface area contributed by atoms with Gasteiger partial charge in [0.15, 0.2) is 0 Å². The lowest BCUT2D eigenvalue weighted by Crippen LogP contribution is -2.43. The maximum absolute atomic E-state index is 14.1. The highest BCUT2D eigenvalue weighted by atomic mass is 16.5. The zero-order chi connectivity index (χ0) is 30.8. The Hall–Kier alpha value is -4.12. The highest BCUT2D eigenvalue weighted by molar-refractivity contribution is 6.01. The van der Waals surface area contributed by atoms with E-state index < -0.39 is 5.54 Å². The highest BCUT2D eigenvalue weighted by Gasteiger charge is 2.37. The van der Waals surface area contributed by atoms with Crippen molar-refractivity contribution in [1.29, 1.82) is 0 Å². The van der Waals surface area contributed by atoms with Gasteiger partial charge in [0.1, 0.15) is 0 Å². The summed E-state index contributed by atoms with van der Waals surface area (Å²) in [4.78, 5) is 25.8. The second-order valence-electron chi connectivity index (χ2n) is 13.2. The Balaban J connectivity index is 1.23. The summed E-state index contributed by atoms with van der Waals surface area (Å²) in [6.07, 6.45) is 15.8. The molecule has 1 N–H and O–H groups in total. The van der Waals surface area contributed by atoms with Crippen LogP contribution in [-0.4, -0.2) is 23.1 Å². The third kappa shape index (κ3) is 5.74. The van der Waals surface area contributed by atoms with Crippen LogP contribution in [0.2, 0.25) is 0 Å². The molecular formula is C40H44N2O3. The van der Waals surface area contributed by atoms with E-state index in [0.29, 0.717) is 12.5 Å². The molecule has 7 rings (SSSR count). The highest BCUT2D eigenvalue weighted by Crippen LogP contribution is 2.46. The van der Waals surface area contributed by atoms with Crippen molar-refractivity contribution >= 4 is 28.9 Å². The van der Waals surface area contributed by atoms with Crippen LogP contribution < -0.4 is 5.32 Å². The van der Waals surface area contributed by atoms with E-state index in [9.17, 15) is 9.59 Å². The first-order chi connectivity index (χ1) is 22.1. The molecule has 2 aliphatic carbocycles. The van der Waals surface area contributed by atoms with E-state index in [1.54, 1.807) is 13.0 Å². The summed E-state index contributed by atoms with van der Waals surface area (Å²) in [6, 6.07) is 23.7. The normalized spacial score (nSPS) is 18.0. The molecule has 2 heterocycles. The summed E-state index contributed by atoms with van der Waals surface area (Å²) in [7, 11) is 0. The number of benzene rings is 3. The first kappa shape index (κ1) is 29.6. The summed E-state index contributed by atoms with van der Waals surface area (Å²) < 4.78 is 7.54. The summed E-state index contributed by atoms with van der Waals surface area (Å²) in [5.74, 6) is 0.224. The van der Waals surface area contributed by atoms with E-state index in [1.807, 2.05) is 12.1 Å². The number of hydrogen-bond donors (Lipinski definition) is 1. The average Bonchev–Trinajstić information content (AvgIpc) is 3.62. The molecule has 0 unspecified atom stereocenters. The van der Waals surface area contributed by atoms with Crippen molar-refractivity contribution in [2.24, 2.45) is 0 Å². The Kier molecular flexibility index (Phi) is 8.35. The van der Waals surface area contributed by atoms with Crippen LogP contribution in [0.25, 0.3) is 28.2 Å². The van der Waals surface area contributed by atoms with Gasteiger partial charge in [-0.15, -0.1) is 0 Å². The largest absolute Gasteiger partial charge is 0.463 e. The molecular weight excluding hydrogens is 556 g/mol. The number of nitrogens with one attached hydrogen (secondary N) is 1. The number of amides is 1. The number of carbonyl (C=O) groups excluding carboxylic acids is 2. The molecule has 2 fully saturated rings. The minimum atomic E-state index is -0.391. The van der Waals surface area contributed by atoms with Gasteiger partial charge in [0.25, 0.3) is 5.91 Å². The minimum absolute atomic E-state index is 0.00567. The molecule has 232 valence electrons. The number of ether oxygens (including phenoxy) is 1. The zero-order valence-corrected chi connectivity index (χ0v) is 26.4.